The smallest absolute Gasteiger partial charge is 0.410 e. The summed E-state index contributed by atoms with van der Waals surface area (Å²) in [5.41, 5.74) is -0.441. The van der Waals surface area contributed by atoms with E-state index in [1.807, 2.05) is 20.8 Å². The molecule has 0 aromatic rings. The van der Waals surface area contributed by atoms with Gasteiger partial charge < -0.3 is 15.0 Å². The molecule has 0 atom stereocenters. The summed E-state index contributed by atoms with van der Waals surface area (Å²) in [5, 5.41) is 20.3. The van der Waals surface area contributed by atoms with Gasteiger partial charge in [-0.2, -0.15) is 10.5 Å². The molecular weight excluding hydrogens is 292 g/mol. The summed E-state index contributed by atoms with van der Waals surface area (Å²) in [4.78, 5) is 13.3. The molecule has 0 radical (unpaired) electrons. The summed E-state index contributed by atoms with van der Waals surface area (Å²) in [6, 6.07) is 4.50. The monoisotopic (exact) mass is 320 g/mol. The van der Waals surface area contributed by atoms with Crippen LogP contribution in [0.5, 0.6) is 0 Å². The number of hydrogen-bond donors (Lipinski definition) is 1. The van der Waals surface area contributed by atoms with Crippen LogP contribution < -0.4 is 5.32 Å². The second-order valence-electron chi connectivity index (χ2n) is 7.02. The predicted octanol–water partition coefficient (Wildman–Crippen LogP) is 2.67. The van der Waals surface area contributed by atoms with Crippen molar-refractivity contribution in [2.75, 3.05) is 26.2 Å². The van der Waals surface area contributed by atoms with E-state index in [0.717, 1.165) is 38.8 Å². The fraction of sp³-hybridized carbons (Fsp3) is 0.824. The average molecular weight is 320 g/mol. The Hall–Kier alpha value is -1.79. The largest absolute Gasteiger partial charge is 0.444 e. The number of carbonyl (C=O) groups is 1. The molecule has 0 saturated carbocycles. The van der Waals surface area contributed by atoms with Crippen molar-refractivity contribution in [1.82, 2.24) is 10.2 Å². The van der Waals surface area contributed by atoms with E-state index in [4.69, 9.17) is 15.3 Å². The molecule has 2 saturated heterocycles. The molecule has 0 aliphatic carbocycles. The molecule has 0 bridgehead atoms. The Labute approximate surface area is 139 Å². The van der Waals surface area contributed by atoms with Crippen LogP contribution in [-0.4, -0.2) is 42.8 Å². The fourth-order valence-electron chi connectivity index (χ4n) is 2.47. The van der Waals surface area contributed by atoms with Crippen LogP contribution in [0.15, 0.2) is 0 Å². The number of piperidine rings is 2. The highest BCUT2D eigenvalue weighted by molar-refractivity contribution is 5.68. The third kappa shape index (κ3) is 7.85. The van der Waals surface area contributed by atoms with Crippen LogP contribution in [-0.2, 0) is 4.74 Å². The van der Waals surface area contributed by atoms with Crippen molar-refractivity contribution in [2.24, 2.45) is 11.8 Å². The molecule has 0 aromatic carbocycles. The van der Waals surface area contributed by atoms with Gasteiger partial charge in [0.25, 0.3) is 0 Å². The van der Waals surface area contributed by atoms with Gasteiger partial charge in [0.2, 0.25) is 0 Å². The van der Waals surface area contributed by atoms with Crippen LogP contribution in [0, 0.1) is 34.5 Å². The first kappa shape index (κ1) is 19.3. The Balaban J connectivity index is 0.000000277. The highest BCUT2D eigenvalue weighted by Crippen LogP contribution is 2.18. The van der Waals surface area contributed by atoms with E-state index < -0.39 is 5.60 Å². The first-order valence-corrected chi connectivity index (χ1v) is 8.33. The summed E-state index contributed by atoms with van der Waals surface area (Å²) in [7, 11) is 0. The zero-order valence-corrected chi connectivity index (χ0v) is 14.5. The van der Waals surface area contributed by atoms with Gasteiger partial charge >= 0.3 is 6.09 Å². The first-order valence-electron chi connectivity index (χ1n) is 8.33. The van der Waals surface area contributed by atoms with E-state index in [1.165, 1.54) is 0 Å². The minimum Gasteiger partial charge on any atom is -0.444 e. The highest BCUT2D eigenvalue weighted by Gasteiger charge is 2.26. The predicted molar refractivity (Wildman–Crippen MR) is 87.4 cm³/mol. The number of nitriles is 2. The molecule has 2 heterocycles. The number of hydrogen-bond acceptors (Lipinski definition) is 5. The first-order chi connectivity index (χ1) is 10.9. The van der Waals surface area contributed by atoms with Crippen LogP contribution in [0.4, 0.5) is 4.79 Å². The van der Waals surface area contributed by atoms with Crippen LogP contribution >= 0.6 is 0 Å². The molecule has 0 spiro atoms. The van der Waals surface area contributed by atoms with Crippen LogP contribution in [0.3, 0.4) is 0 Å². The van der Waals surface area contributed by atoms with Crippen LogP contribution in [0.1, 0.15) is 46.5 Å². The number of amides is 1. The second kappa shape index (κ2) is 9.37. The van der Waals surface area contributed by atoms with Crippen molar-refractivity contribution in [2.45, 2.75) is 52.1 Å². The zero-order chi connectivity index (χ0) is 17.3. The number of rotatable bonds is 0. The molecule has 1 amide bonds. The summed E-state index contributed by atoms with van der Waals surface area (Å²) < 4.78 is 5.25. The quantitative estimate of drug-likeness (QED) is 0.741. The van der Waals surface area contributed by atoms with Gasteiger partial charge in [-0.3, -0.25) is 0 Å². The Morgan fingerprint density at radius 3 is 1.91 bits per heavy atom. The van der Waals surface area contributed by atoms with Crippen molar-refractivity contribution in [3.8, 4) is 12.1 Å². The second-order valence-corrected chi connectivity index (χ2v) is 7.02. The molecule has 23 heavy (non-hydrogen) atoms. The van der Waals surface area contributed by atoms with E-state index in [-0.39, 0.29) is 12.0 Å². The van der Waals surface area contributed by atoms with Gasteiger partial charge in [0.05, 0.1) is 12.1 Å². The molecule has 0 aromatic heterocycles. The lowest BCUT2D eigenvalue weighted by molar-refractivity contribution is 0.0199. The lowest BCUT2D eigenvalue weighted by atomic mass is 9.99. The number of nitrogens with one attached hydrogen (secondary N) is 1. The van der Waals surface area contributed by atoms with Gasteiger partial charge in [-0.1, -0.05) is 0 Å². The number of likely N-dealkylation sites (tertiary alicyclic amines) is 1. The molecular formula is C17H28N4O2. The van der Waals surface area contributed by atoms with E-state index in [0.29, 0.717) is 19.0 Å². The molecule has 128 valence electrons. The maximum Gasteiger partial charge on any atom is 0.410 e. The standard InChI is InChI=1S/C11H18N2O2.C6H10N2/c1-11(2,3)15-10(14)13-6-4-9(8-12)5-7-13;7-5-6-1-3-8-4-2-6/h9H,4-7H2,1-3H3;6,8H,1-4H2. The third-order valence-corrected chi connectivity index (χ3v) is 3.85. The molecule has 2 aliphatic heterocycles. The molecule has 2 rings (SSSR count). The molecule has 2 fully saturated rings. The third-order valence-electron chi connectivity index (χ3n) is 3.85. The van der Waals surface area contributed by atoms with Gasteiger partial charge in [0.1, 0.15) is 5.60 Å². The minimum absolute atomic E-state index is 0.101. The Kier molecular flexibility index (Phi) is 7.85. The normalized spacial score (nSPS) is 19.8. The lowest BCUT2D eigenvalue weighted by Gasteiger charge is -2.31. The molecule has 2 aliphatic rings. The van der Waals surface area contributed by atoms with Crippen molar-refractivity contribution < 1.29 is 9.53 Å². The van der Waals surface area contributed by atoms with E-state index in [1.54, 1.807) is 4.90 Å². The summed E-state index contributed by atoms with van der Waals surface area (Å²) in [5.74, 6) is 0.430. The van der Waals surface area contributed by atoms with Gasteiger partial charge in [0.15, 0.2) is 0 Å². The fourth-order valence-corrected chi connectivity index (χ4v) is 2.47. The Bertz CT molecular complexity index is 445. The molecule has 1 N–H and O–H groups in total. The van der Waals surface area contributed by atoms with Gasteiger partial charge in [-0.25, -0.2) is 4.79 Å². The van der Waals surface area contributed by atoms with E-state index >= 15 is 0 Å². The van der Waals surface area contributed by atoms with Crippen molar-refractivity contribution >= 4 is 6.09 Å². The number of carbonyl (C=O) groups excluding carboxylic acids is 1. The number of ether oxygens (including phenoxy) is 1. The van der Waals surface area contributed by atoms with Crippen molar-refractivity contribution in [3.05, 3.63) is 0 Å². The van der Waals surface area contributed by atoms with E-state index in [9.17, 15) is 4.79 Å². The maximum atomic E-state index is 11.6. The molecule has 6 heteroatoms. The number of nitrogens with zero attached hydrogens (tertiary/aromatic N) is 3. The van der Waals surface area contributed by atoms with Crippen LogP contribution in [0.2, 0.25) is 0 Å². The lowest BCUT2D eigenvalue weighted by Crippen LogP contribution is -2.41. The summed E-state index contributed by atoms with van der Waals surface area (Å²) in [6.07, 6.45) is 3.33. The van der Waals surface area contributed by atoms with E-state index in [2.05, 4.69) is 17.5 Å². The average Bonchev–Trinajstić information content (AvgIpc) is 2.54. The van der Waals surface area contributed by atoms with Crippen molar-refractivity contribution in [1.29, 1.82) is 10.5 Å². The highest BCUT2D eigenvalue weighted by atomic mass is 16.6. The van der Waals surface area contributed by atoms with Crippen molar-refractivity contribution in [3.63, 3.8) is 0 Å². The molecule has 6 nitrogen and oxygen atoms in total. The van der Waals surface area contributed by atoms with Gasteiger partial charge in [-0.05, 0) is 59.5 Å². The minimum atomic E-state index is -0.441. The van der Waals surface area contributed by atoms with Gasteiger partial charge in [0, 0.05) is 24.9 Å². The summed E-state index contributed by atoms with van der Waals surface area (Å²) in [6.45, 7) is 8.88. The molecule has 0 unspecified atom stereocenters. The zero-order valence-electron chi connectivity index (χ0n) is 14.5. The van der Waals surface area contributed by atoms with Gasteiger partial charge in [-0.15, -0.1) is 0 Å². The van der Waals surface area contributed by atoms with Crippen LogP contribution in [0.25, 0.3) is 0 Å². The maximum absolute atomic E-state index is 11.6. The Morgan fingerprint density at radius 2 is 1.52 bits per heavy atom. The SMILES string of the molecule is CC(C)(C)OC(=O)N1CCC(C#N)CC1.N#CC1CCNCC1. The topological polar surface area (TPSA) is 89.2 Å². The Morgan fingerprint density at radius 1 is 1.04 bits per heavy atom. The summed E-state index contributed by atoms with van der Waals surface area (Å²) >= 11 is 0.